The Labute approximate surface area is 401 Å². The lowest BCUT2D eigenvalue weighted by atomic mass is 9.85. The van der Waals surface area contributed by atoms with Gasteiger partial charge in [-0.25, -0.2) is 13.7 Å². The van der Waals surface area contributed by atoms with Gasteiger partial charge in [-0.15, -0.1) is 0 Å². The number of hydrogen-bond donors (Lipinski definition) is 8. The third-order valence-electron chi connectivity index (χ3n) is 11.2. The molecule has 1 aliphatic carbocycles. The summed E-state index contributed by atoms with van der Waals surface area (Å²) in [6, 6.07) is 0. The van der Waals surface area contributed by atoms with Crippen LogP contribution in [0.3, 0.4) is 0 Å². The molecule has 8 atom stereocenters. The van der Waals surface area contributed by atoms with Crippen LogP contribution >= 0.6 is 35.2 Å². The van der Waals surface area contributed by atoms with Gasteiger partial charge in [0.05, 0.1) is 19.6 Å². The van der Waals surface area contributed by atoms with E-state index in [2.05, 4.69) is 16.0 Å². The van der Waals surface area contributed by atoms with E-state index in [0.29, 0.717) is 19.3 Å². The second kappa shape index (κ2) is 37.0. The van der Waals surface area contributed by atoms with Crippen LogP contribution in [-0.2, 0) is 55.6 Å². The van der Waals surface area contributed by atoms with Gasteiger partial charge in [0.15, 0.2) is 5.12 Å². The van der Waals surface area contributed by atoms with Crippen LogP contribution in [0.5, 0.6) is 0 Å². The highest BCUT2D eigenvalue weighted by Gasteiger charge is 2.56. The second-order valence-corrected chi connectivity index (χ2v) is 22.3. The van der Waals surface area contributed by atoms with Crippen molar-refractivity contribution in [2.45, 2.75) is 236 Å². The third-order valence-corrected chi connectivity index (χ3v) is 14.2. The molecule has 0 amide bonds. The van der Waals surface area contributed by atoms with E-state index in [0.717, 1.165) is 102 Å². The summed E-state index contributed by atoms with van der Waals surface area (Å²) in [7, 11) is -16.6. The van der Waals surface area contributed by atoms with Crippen molar-refractivity contribution >= 4 is 52.3 Å². The Morgan fingerprint density at radius 2 is 0.910 bits per heavy atom. The largest absolute Gasteiger partial charge is 0.472 e. The van der Waals surface area contributed by atoms with E-state index in [9.17, 15) is 67.9 Å². The summed E-state index contributed by atoms with van der Waals surface area (Å²) < 4.78 is 65.5. The number of ether oxygens (including phenoxy) is 2. The molecule has 0 saturated heterocycles. The van der Waals surface area contributed by atoms with Gasteiger partial charge in [-0.1, -0.05) is 160 Å². The number of rotatable bonds is 42. The standard InChI is InChI=1S/C43H83O20P3S/c1-3-5-6-7-8-9-10-11-13-16-19-22-25-29-35(44)60-34(32-36(45)58-30-26-23-20-17-14-12-15-18-21-24-27-31-67-37(46)28-4-2)33-59-66(56,57)63-43-39(48)41(61-64(50,51)52)38(47)42(40(43)49)62-65(53,54)55/h34,38-43,47-49H,3-33H2,1-2H3,(H,56,57)(H2,50,51,52)(H2,53,54,55)/t34-,38?,39+,40?,41+,42-,43?/m1/s1. The molecule has 396 valence electrons. The monoisotopic (exact) mass is 1040 g/mol. The van der Waals surface area contributed by atoms with Crippen molar-refractivity contribution in [2.75, 3.05) is 19.0 Å². The van der Waals surface area contributed by atoms with E-state index in [1.54, 1.807) is 0 Å². The molecule has 67 heavy (non-hydrogen) atoms. The van der Waals surface area contributed by atoms with Gasteiger partial charge >= 0.3 is 35.4 Å². The Morgan fingerprint density at radius 1 is 0.507 bits per heavy atom. The first-order valence-corrected chi connectivity index (χ1v) is 29.9. The van der Waals surface area contributed by atoms with Gasteiger partial charge in [-0.3, -0.25) is 32.5 Å². The average molecular weight is 1050 g/mol. The number of carbonyl (C=O) groups excluding carboxylic acids is 3. The van der Waals surface area contributed by atoms with Crippen molar-refractivity contribution in [1.29, 1.82) is 0 Å². The predicted molar refractivity (Wildman–Crippen MR) is 251 cm³/mol. The summed E-state index contributed by atoms with van der Waals surface area (Å²) in [6.45, 7) is 3.32. The van der Waals surface area contributed by atoms with Gasteiger partial charge in [0.1, 0.15) is 42.7 Å². The highest BCUT2D eigenvalue weighted by atomic mass is 32.2. The van der Waals surface area contributed by atoms with E-state index in [1.807, 2.05) is 6.92 Å². The molecule has 0 heterocycles. The number of esters is 2. The molecule has 8 N–H and O–H groups in total. The molecule has 0 bridgehead atoms. The summed E-state index contributed by atoms with van der Waals surface area (Å²) >= 11 is 1.44. The van der Waals surface area contributed by atoms with Crippen LogP contribution in [0.25, 0.3) is 0 Å². The highest BCUT2D eigenvalue weighted by Crippen LogP contribution is 2.51. The SMILES string of the molecule is CCCCCCCCCCCCCCCC(=O)O[C@@H](COP(=O)(O)OC1C(O)[C@H](OP(=O)(O)O)C(O)[C@H](OP(=O)(O)O)[C@@H]1O)CC(=O)OCCCCCCCCCCCCCSC(=O)CCC. The lowest BCUT2D eigenvalue weighted by molar-refractivity contribution is -0.213. The number of hydrogen-bond acceptors (Lipinski definition) is 16. The van der Waals surface area contributed by atoms with Crippen LogP contribution in [0.2, 0.25) is 0 Å². The fourth-order valence-electron chi connectivity index (χ4n) is 7.57. The van der Waals surface area contributed by atoms with Crippen LogP contribution in [0.4, 0.5) is 0 Å². The number of aliphatic hydroxyl groups is 3. The summed E-state index contributed by atoms with van der Waals surface area (Å²) in [6.07, 6.45) is 9.85. The van der Waals surface area contributed by atoms with Crippen molar-refractivity contribution in [3.63, 3.8) is 0 Å². The van der Waals surface area contributed by atoms with Crippen LogP contribution in [0.1, 0.15) is 194 Å². The normalized spacial score (nSPS) is 21.5. The van der Waals surface area contributed by atoms with Crippen LogP contribution in [0, 0.1) is 0 Å². The van der Waals surface area contributed by atoms with E-state index in [1.165, 1.54) is 63.1 Å². The fourth-order valence-corrected chi connectivity index (χ4v) is 10.6. The number of phosphoric ester groups is 3. The van der Waals surface area contributed by atoms with Gasteiger partial charge in [-0.05, 0) is 25.7 Å². The lowest BCUT2D eigenvalue weighted by Gasteiger charge is -2.44. The van der Waals surface area contributed by atoms with Gasteiger partial charge in [0.25, 0.3) is 0 Å². The zero-order valence-electron chi connectivity index (χ0n) is 39.7. The quantitative estimate of drug-likeness (QED) is 0.0162. The Kier molecular flexibility index (Phi) is 35.4. The van der Waals surface area contributed by atoms with Crippen LogP contribution in [-0.4, -0.2) is 119 Å². The van der Waals surface area contributed by atoms with Gasteiger partial charge in [0, 0.05) is 18.6 Å². The minimum absolute atomic E-state index is 0.0249. The number of unbranched alkanes of at least 4 members (excludes halogenated alkanes) is 22. The molecule has 0 aromatic heterocycles. The smallest absolute Gasteiger partial charge is 0.466 e. The molecular weight excluding hydrogens is 961 g/mol. The lowest BCUT2D eigenvalue weighted by Crippen LogP contribution is -2.65. The molecule has 0 spiro atoms. The third kappa shape index (κ3) is 33.5. The van der Waals surface area contributed by atoms with Crippen molar-refractivity contribution in [2.24, 2.45) is 0 Å². The molecule has 1 rings (SSSR count). The maximum atomic E-state index is 13.1. The summed E-state index contributed by atoms with van der Waals surface area (Å²) in [4.78, 5) is 85.1. The molecule has 20 nitrogen and oxygen atoms in total. The zero-order chi connectivity index (χ0) is 50.1. The molecule has 4 unspecified atom stereocenters. The molecule has 24 heteroatoms. The van der Waals surface area contributed by atoms with Crippen molar-refractivity contribution < 1.29 is 95.4 Å². The Balaban J connectivity index is 2.71. The van der Waals surface area contributed by atoms with Crippen LogP contribution in [0.15, 0.2) is 0 Å². The maximum Gasteiger partial charge on any atom is 0.472 e. The van der Waals surface area contributed by atoms with Gasteiger partial charge in [-0.2, -0.15) is 0 Å². The van der Waals surface area contributed by atoms with E-state index in [4.69, 9.17) is 18.5 Å². The molecule has 0 aromatic rings. The predicted octanol–water partition coefficient (Wildman–Crippen LogP) is 8.22. The number of aliphatic hydroxyl groups excluding tert-OH is 3. The minimum atomic E-state index is -5.56. The molecule has 0 aromatic carbocycles. The molecule has 1 aliphatic rings. The van der Waals surface area contributed by atoms with Gasteiger partial charge in [0.2, 0.25) is 0 Å². The average Bonchev–Trinajstić information content (AvgIpc) is 3.24. The summed E-state index contributed by atoms with van der Waals surface area (Å²) in [5.41, 5.74) is 0. The van der Waals surface area contributed by atoms with Crippen LogP contribution < -0.4 is 0 Å². The Hall–Kier alpha value is -0.830. The van der Waals surface area contributed by atoms with E-state index < -0.39 is 91.2 Å². The molecule has 1 saturated carbocycles. The number of carbonyl (C=O) groups is 3. The first-order valence-electron chi connectivity index (χ1n) is 24.4. The molecule has 1 fully saturated rings. The van der Waals surface area contributed by atoms with E-state index >= 15 is 0 Å². The van der Waals surface area contributed by atoms with Gasteiger partial charge < -0.3 is 49.3 Å². The molecule has 0 aliphatic heterocycles. The molecular formula is C43H83O20P3S. The number of thioether (sulfide) groups is 1. The van der Waals surface area contributed by atoms with Crippen molar-refractivity contribution in [1.82, 2.24) is 0 Å². The maximum absolute atomic E-state index is 13.1. The van der Waals surface area contributed by atoms with E-state index in [-0.39, 0.29) is 18.1 Å². The fraction of sp³-hybridized carbons (Fsp3) is 0.930. The van der Waals surface area contributed by atoms with Crippen molar-refractivity contribution in [3.05, 3.63) is 0 Å². The van der Waals surface area contributed by atoms with Crippen molar-refractivity contribution in [3.8, 4) is 0 Å². The highest BCUT2D eigenvalue weighted by molar-refractivity contribution is 8.13. The molecule has 0 radical (unpaired) electrons. The number of phosphoric acid groups is 3. The Bertz CT molecular complexity index is 1440. The first-order chi connectivity index (χ1) is 31.7. The topological polar surface area (TPSA) is 320 Å². The summed E-state index contributed by atoms with van der Waals surface area (Å²) in [5, 5.41) is 32.1. The zero-order valence-corrected chi connectivity index (χ0v) is 43.2. The first kappa shape index (κ1) is 64.2. The minimum Gasteiger partial charge on any atom is -0.466 e. The second-order valence-electron chi connectivity index (χ2n) is 17.3. The Morgan fingerprint density at radius 3 is 1.34 bits per heavy atom. The summed E-state index contributed by atoms with van der Waals surface area (Å²) in [5.74, 6) is -0.637.